The first kappa shape index (κ1) is 15.9. The maximum absolute atomic E-state index is 5.35. The molecular weight excluding hydrogens is 224 g/mol. The third kappa shape index (κ3) is 7.34. The van der Waals surface area contributed by atoms with Crippen molar-refractivity contribution in [2.24, 2.45) is 5.41 Å². The van der Waals surface area contributed by atoms with Crippen molar-refractivity contribution < 1.29 is 4.74 Å². The molecule has 1 aliphatic rings. The van der Waals surface area contributed by atoms with Crippen LogP contribution in [0.25, 0.3) is 0 Å². The summed E-state index contributed by atoms with van der Waals surface area (Å²) in [6.45, 7) is 14.4. The standard InChI is InChI=1S/C15H32N2O/c1-4-5-6-7-15(2,3)14-16-8-9-17-10-12-18-13-11-17/h16H,4-14H2,1-3H3. The lowest BCUT2D eigenvalue weighted by atomic mass is 9.87. The minimum absolute atomic E-state index is 0.445. The lowest BCUT2D eigenvalue weighted by Gasteiger charge is -2.28. The van der Waals surface area contributed by atoms with Crippen molar-refractivity contribution >= 4 is 0 Å². The van der Waals surface area contributed by atoms with Gasteiger partial charge in [0.15, 0.2) is 0 Å². The third-order valence-corrected chi connectivity index (χ3v) is 3.77. The van der Waals surface area contributed by atoms with Crippen LogP contribution in [-0.2, 0) is 4.74 Å². The van der Waals surface area contributed by atoms with Crippen molar-refractivity contribution in [3.8, 4) is 0 Å². The van der Waals surface area contributed by atoms with E-state index in [0.717, 1.165) is 45.9 Å². The summed E-state index contributed by atoms with van der Waals surface area (Å²) in [5, 5.41) is 3.62. The second-order valence-electron chi connectivity index (χ2n) is 6.25. The van der Waals surface area contributed by atoms with Crippen LogP contribution < -0.4 is 5.32 Å². The Hall–Kier alpha value is -0.120. The van der Waals surface area contributed by atoms with Gasteiger partial charge in [-0.15, -0.1) is 0 Å². The van der Waals surface area contributed by atoms with Gasteiger partial charge in [-0.1, -0.05) is 40.0 Å². The van der Waals surface area contributed by atoms with Crippen LogP contribution in [0.5, 0.6) is 0 Å². The van der Waals surface area contributed by atoms with Crippen LogP contribution in [-0.4, -0.2) is 50.8 Å². The molecule has 1 heterocycles. The summed E-state index contributed by atoms with van der Waals surface area (Å²) in [7, 11) is 0. The molecule has 0 saturated carbocycles. The Morgan fingerprint density at radius 3 is 2.56 bits per heavy atom. The van der Waals surface area contributed by atoms with Gasteiger partial charge in [-0.25, -0.2) is 0 Å². The van der Waals surface area contributed by atoms with Gasteiger partial charge in [0.2, 0.25) is 0 Å². The van der Waals surface area contributed by atoms with Crippen molar-refractivity contribution in [2.45, 2.75) is 46.5 Å². The van der Waals surface area contributed by atoms with Gasteiger partial charge < -0.3 is 10.1 Å². The Labute approximate surface area is 113 Å². The van der Waals surface area contributed by atoms with E-state index in [0.29, 0.717) is 5.41 Å². The molecule has 0 aromatic rings. The molecule has 0 atom stereocenters. The second kappa shape index (κ2) is 8.89. The zero-order valence-electron chi connectivity index (χ0n) is 12.6. The van der Waals surface area contributed by atoms with Crippen molar-refractivity contribution in [1.29, 1.82) is 0 Å². The molecule has 0 aromatic heterocycles. The van der Waals surface area contributed by atoms with Gasteiger partial charge in [-0.2, -0.15) is 0 Å². The molecule has 0 unspecified atom stereocenters. The predicted molar refractivity (Wildman–Crippen MR) is 78.1 cm³/mol. The zero-order valence-corrected chi connectivity index (χ0v) is 12.6. The fraction of sp³-hybridized carbons (Fsp3) is 1.00. The van der Waals surface area contributed by atoms with Crippen molar-refractivity contribution in [3.05, 3.63) is 0 Å². The molecule has 0 bridgehead atoms. The Morgan fingerprint density at radius 2 is 1.89 bits per heavy atom. The topological polar surface area (TPSA) is 24.5 Å². The fourth-order valence-corrected chi connectivity index (χ4v) is 2.43. The van der Waals surface area contributed by atoms with Gasteiger partial charge >= 0.3 is 0 Å². The van der Waals surface area contributed by atoms with E-state index in [1.165, 1.54) is 25.7 Å². The summed E-state index contributed by atoms with van der Waals surface area (Å²) >= 11 is 0. The molecular formula is C15H32N2O. The van der Waals surface area contributed by atoms with Crippen molar-refractivity contribution in [1.82, 2.24) is 10.2 Å². The van der Waals surface area contributed by atoms with Gasteiger partial charge in [0.1, 0.15) is 0 Å². The van der Waals surface area contributed by atoms with Gasteiger partial charge in [0, 0.05) is 32.7 Å². The Balaban J connectivity index is 2.01. The highest BCUT2D eigenvalue weighted by Gasteiger charge is 2.16. The maximum Gasteiger partial charge on any atom is 0.0594 e. The Bertz CT molecular complexity index is 201. The van der Waals surface area contributed by atoms with Gasteiger partial charge in [-0.3, -0.25) is 4.90 Å². The smallest absolute Gasteiger partial charge is 0.0594 e. The molecule has 1 aliphatic heterocycles. The van der Waals surface area contributed by atoms with E-state index < -0.39 is 0 Å². The largest absolute Gasteiger partial charge is 0.379 e. The molecule has 0 spiro atoms. The zero-order chi connectivity index (χ0) is 13.3. The van der Waals surface area contributed by atoms with Crippen LogP contribution in [0.3, 0.4) is 0 Å². The predicted octanol–water partition coefficient (Wildman–Crippen LogP) is 2.51. The quantitative estimate of drug-likeness (QED) is 0.642. The number of hydrogen-bond donors (Lipinski definition) is 1. The first-order valence-electron chi connectivity index (χ1n) is 7.65. The highest BCUT2D eigenvalue weighted by atomic mass is 16.5. The molecule has 0 aliphatic carbocycles. The second-order valence-corrected chi connectivity index (χ2v) is 6.25. The molecule has 0 amide bonds. The number of hydrogen-bond acceptors (Lipinski definition) is 3. The minimum Gasteiger partial charge on any atom is -0.379 e. The van der Waals surface area contributed by atoms with E-state index >= 15 is 0 Å². The normalized spacial score (nSPS) is 18.2. The third-order valence-electron chi connectivity index (χ3n) is 3.77. The molecule has 1 rings (SSSR count). The average molecular weight is 256 g/mol. The Kier molecular flexibility index (Phi) is 7.87. The lowest BCUT2D eigenvalue weighted by Crippen LogP contribution is -2.41. The molecule has 0 aromatic carbocycles. The van der Waals surface area contributed by atoms with Crippen molar-refractivity contribution in [3.63, 3.8) is 0 Å². The summed E-state index contributed by atoms with van der Waals surface area (Å²) in [5.74, 6) is 0. The van der Waals surface area contributed by atoms with Crippen LogP contribution in [0.1, 0.15) is 46.5 Å². The summed E-state index contributed by atoms with van der Waals surface area (Å²) in [6.07, 6.45) is 5.40. The molecule has 1 saturated heterocycles. The van der Waals surface area contributed by atoms with Gasteiger partial charge in [0.25, 0.3) is 0 Å². The van der Waals surface area contributed by atoms with Crippen molar-refractivity contribution in [2.75, 3.05) is 45.9 Å². The first-order valence-corrected chi connectivity index (χ1v) is 7.65. The lowest BCUT2D eigenvalue weighted by molar-refractivity contribution is 0.0381. The molecule has 1 fully saturated rings. The molecule has 108 valence electrons. The molecule has 3 nitrogen and oxygen atoms in total. The van der Waals surface area contributed by atoms with Crippen LogP contribution in [0.4, 0.5) is 0 Å². The SMILES string of the molecule is CCCCCC(C)(C)CNCCN1CCOCC1. The first-order chi connectivity index (χ1) is 8.64. The van der Waals surface area contributed by atoms with Gasteiger partial charge in [-0.05, 0) is 11.8 Å². The van der Waals surface area contributed by atoms with E-state index in [4.69, 9.17) is 4.74 Å². The van der Waals surface area contributed by atoms with E-state index in [-0.39, 0.29) is 0 Å². The van der Waals surface area contributed by atoms with E-state index in [9.17, 15) is 0 Å². The van der Waals surface area contributed by atoms with E-state index in [1.807, 2.05) is 0 Å². The maximum atomic E-state index is 5.35. The molecule has 1 N–H and O–H groups in total. The summed E-state index contributed by atoms with van der Waals surface area (Å²) in [6, 6.07) is 0. The number of unbranched alkanes of at least 4 members (excludes halogenated alkanes) is 2. The minimum atomic E-state index is 0.445. The molecule has 18 heavy (non-hydrogen) atoms. The molecule has 0 radical (unpaired) electrons. The molecule has 3 heteroatoms. The van der Waals surface area contributed by atoms with Crippen LogP contribution >= 0.6 is 0 Å². The number of morpholine rings is 1. The summed E-state index contributed by atoms with van der Waals surface area (Å²) in [5.41, 5.74) is 0.445. The number of nitrogens with zero attached hydrogens (tertiary/aromatic N) is 1. The van der Waals surface area contributed by atoms with E-state index in [1.54, 1.807) is 0 Å². The number of ether oxygens (including phenoxy) is 1. The monoisotopic (exact) mass is 256 g/mol. The summed E-state index contributed by atoms with van der Waals surface area (Å²) in [4.78, 5) is 2.49. The summed E-state index contributed by atoms with van der Waals surface area (Å²) < 4.78 is 5.35. The van der Waals surface area contributed by atoms with Crippen LogP contribution in [0.15, 0.2) is 0 Å². The van der Waals surface area contributed by atoms with Crippen LogP contribution in [0, 0.1) is 5.41 Å². The van der Waals surface area contributed by atoms with E-state index in [2.05, 4.69) is 31.0 Å². The average Bonchev–Trinajstić information content (AvgIpc) is 2.36. The highest BCUT2D eigenvalue weighted by molar-refractivity contribution is 4.72. The van der Waals surface area contributed by atoms with Crippen LogP contribution in [0.2, 0.25) is 0 Å². The number of nitrogens with one attached hydrogen (secondary N) is 1. The fourth-order valence-electron chi connectivity index (χ4n) is 2.43. The number of rotatable bonds is 9. The Morgan fingerprint density at radius 1 is 1.17 bits per heavy atom. The van der Waals surface area contributed by atoms with Gasteiger partial charge in [0.05, 0.1) is 13.2 Å². The highest BCUT2D eigenvalue weighted by Crippen LogP contribution is 2.22.